The molecule has 1 atom stereocenters. The monoisotopic (exact) mass is 337 g/mol. The maximum absolute atomic E-state index is 12.5. The summed E-state index contributed by atoms with van der Waals surface area (Å²) in [4.78, 5) is 17.4. The molecule has 0 fully saturated rings. The summed E-state index contributed by atoms with van der Waals surface area (Å²) in [5, 5.41) is 20.8. The summed E-state index contributed by atoms with van der Waals surface area (Å²) in [6.07, 6.45) is 3.20. The summed E-state index contributed by atoms with van der Waals surface area (Å²) in [5.41, 5.74) is 1.99. The lowest BCUT2D eigenvalue weighted by Gasteiger charge is -2.28. The van der Waals surface area contributed by atoms with Crippen LogP contribution in [0.4, 0.5) is 0 Å². The highest BCUT2D eigenvalue weighted by Crippen LogP contribution is 2.31. The first kappa shape index (κ1) is 17.1. The van der Waals surface area contributed by atoms with E-state index in [9.17, 15) is 15.2 Å². The Balaban J connectivity index is 1.91. The molecule has 1 aromatic carbocycles. The number of benzene rings is 1. The smallest absolute Gasteiger partial charge is 0.268 e. The van der Waals surface area contributed by atoms with E-state index in [0.29, 0.717) is 13.0 Å². The van der Waals surface area contributed by atoms with Crippen LogP contribution in [-0.4, -0.2) is 33.5 Å². The number of amides is 1. The van der Waals surface area contributed by atoms with Crippen LogP contribution in [0.2, 0.25) is 0 Å². The van der Waals surface area contributed by atoms with Gasteiger partial charge in [-0.15, -0.1) is 0 Å². The zero-order valence-electron chi connectivity index (χ0n) is 14.8. The van der Waals surface area contributed by atoms with Crippen LogP contribution in [0, 0.1) is 16.7 Å². The van der Waals surface area contributed by atoms with Gasteiger partial charge in [-0.3, -0.25) is 4.79 Å². The summed E-state index contributed by atoms with van der Waals surface area (Å²) < 4.78 is 0. The van der Waals surface area contributed by atoms with E-state index < -0.39 is 6.04 Å². The van der Waals surface area contributed by atoms with Crippen molar-refractivity contribution in [3.8, 4) is 6.07 Å². The molecule has 2 N–H and O–H groups in total. The lowest BCUT2D eigenvalue weighted by atomic mass is 9.92. The number of carbonyl (C=O) groups is 1. The number of fused-ring (bicyclic) bond motifs is 1. The van der Waals surface area contributed by atoms with Crippen LogP contribution in [-0.2, 0) is 11.2 Å². The molecule has 5 nitrogen and oxygen atoms in total. The number of nitrogens with one attached hydrogen (secondary N) is 1. The third-order valence-electron chi connectivity index (χ3n) is 4.73. The average molecular weight is 337 g/mol. The SMILES string of the molecule is CC(C)(C)CCN1C(=O)C(C#N)=C(O)C1Cc1c[nH]c2ccccc12. The van der Waals surface area contributed by atoms with Gasteiger partial charge < -0.3 is 15.0 Å². The first-order valence-electron chi connectivity index (χ1n) is 8.51. The molecule has 5 heteroatoms. The van der Waals surface area contributed by atoms with Crippen molar-refractivity contribution >= 4 is 16.8 Å². The molecule has 3 rings (SSSR count). The maximum atomic E-state index is 12.5. The van der Waals surface area contributed by atoms with E-state index in [4.69, 9.17) is 0 Å². The van der Waals surface area contributed by atoms with Gasteiger partial charge >= 0.3 is 0 Å². The quantitative estimate of drug-likeness (QED) is 0.893. The highest BCUT2D eigenvalue weighted by atomic mass is 16.3. The molecule has 0 bridgehead atoms. The topological polar surface area (TPSA) is 80.1 Å². The van der Waals surface area contributed by atoms with Crippen molar-refractivity contribution in [1.29, 1.82) is 5.26 Å². The number of nitriles is 1. The van der Waals surface area contributed by atoms with Crippen LogP contribution >= 0.6 is 0 Å². The number of hydrogen-bond donors (Lipinski definition) is 2. The highest BCUT2D eigenvalue weighted by molar-refractivity contribution is 6.01. The van der Waals surface area contributed by atoms with Crippen LogP contribution in [0.5, 0.6) is 0 Å². The second kappa shape index (κ2) is 6.29. The Morgan fingerprint density at radius 3 is 2.72 bits per heavy atom. The number of aliphatic hydroxyl groups is 1. The summed E-state index contributed by atoms with van der Waals surface area (Å²) in [7, 11) is 0. The number of aromatic amines is 1. The van der Waals surface area contributed by atoms with E-state index in [-0.39, 0.29) is 22.7 Å². The minimum absolute atomic E-state index is 0.0661. The minimum atomic E-state index is -0.483. The number of nitrogens with zero attached hydrogens (tertiary/aromatic N) is 2. The number of hydrogen-bond acceptors (Lipinski definition) is 3. The third-order valence-corrected chi connectivity index (χ3v) is 4.73. The van der Waals surface area contributed by atoms with Gasteiger partial charge in [-0.2, -0.15) is 5.26 Å². The molecule has 1 amide bonds. The number of H-pyrrole nitrogens is 1. The predicted octanol–water partition coefficient (Wildman–Crippen LogP) is 3.69. The van der Waals surface area contributed by atoms with Crippen molar-refractivity contribution in [3.05, 3.63) is 47.4 Å². The summed E-state index contributed by atoms with van der Waals surface area (Å²) in [5.74, 6) is -0.471. The zero-order valence-corrected chi connectivity index (χ0v) is 14.8. The molecule has 0 saturated heterocycles. The molecule has 0 aliphatic carbocycles. The third kappa shape index (κ3) is 3.25. The predicted molar refractivity (Wildman–Crippen MR) is 96.8 cm³/mol. The van der Waals surface area contributed by atoms with Gasteiger partial charge in [0.15, 0.2) is 5.57 Å². The fourth-order valence-corrected chi connectivity index (χ4v) is 3.24. The van der Waals surface area contributed by atoms with Gasteiger partial charge in [-0.05, 0) is 23.5 Å². The lowest BCUT2D eigenvalue weighted by molar-refractivity contribution is -0.127. The summed E-state index contributed by atoms with van der Waals surface area (Å²) >= 11 is 0. The fraction of sp³-hybridized carbons (Fsp3) is 0.400. The Bertz CT molecular complexity index is 880. The minimum Gasteiger partial charge on any atom is -0.508 e. The van der Waals surface area contributed by atoms with E-state index in [1.807, 2.05) is 36.5 Å². The van der Waals surface area contributed by atoms with Crippen LogP contribution < -0.4 is 0 Å². The van der Waals surface area contributed by atoms with Gasteiger partial charge in [0.05, 0.1) is 6.04 Å². The molecule has 2 heterocycles. The molecule has 0 saturated carbocycles. The maximum Gasteiger partial charge on any atom is 0.268 e. The van der Waals surface area contributed by atoms with E-state index in [2.05, 4.69) is 25.8 Å². The Hall–Kier alpha value is -2.74. The Morgan fingerprint density at radius 2 is 2.04 bits per heavy atom. The van der Waals surface area contributed by atoms with Gasteiger partial charge in [-0.1, -0.05) is 39.0 Å². The van der Waals surface area contributed by atoms with Gasteiger partial charge in [0, 0.05) is 30.1 Å². The van der Waals surface area contributed by atoms with Crippen molar-refractivity contribution in [2.24, 2.45) is 5.41 Å². The van der Waals surface area contributed by atoms with Crippen LogP contribution in [0.25, 0.3) is 10.9 Å². The molecule has 0 spiro atoms. The molecule has 25 heavy (non-hydrogen) atoms. The Kier molecular flexibility index (Phi) is 4.30. The number of rotatable bonds is 4. The van der Waals surface area contributed by atoms with Gasteiger partial charge in [-0.25, -0.2) is 0 Å². The van der Waals surface area contributed by atoms with Crippen molar-refractivity contribution < 1.29 is 9.90 Å². The Morgan fingerprint density at radius 1 is 1.32 bits per heavy atom. The van der Waals surface area contributed by atoms with Crippen molar-refractivity contribution in [2.45, 2.75) is 39.7 Å². The van der Waals surface area contributed by atoms with Crippen LogP contribution in [0.1, 0.15) is 32.8 Å². The number of carbonyl (C=O) groups excluding carboxylic acids is 1. The molecular weight excluding hydrogens is 314 g/mol. The van der Waals surface area contributed by atoms with Crippen molar-refractivity contribution in [1.82, 2.24) is 9.88 Å². The van der Waals surface area contributed by atoms with E-state index in [0.717, 1.165) is 22.9 Å². The van der Waals surface area contributed by atoms with Gasteiger partial charge in [0.2, 0.25) is 0 Å². The fourth-order valence-electron chi connectivity index (χ4n) is 3.24. The first-order chi connectivity index (χ1) is 11.8. The molecule has 130 valence electrons. The van der Waals surface area contributed by atoms with E-state index >= 15 is 0 Å². The molecular formula is C20H23N3O2. The normalized spacial score (nSPS) is 18.2. The molecule has 0 radical (unpaired) electrons. The van der Waals surface area contributed by atoms with Crippen LogP contribution in [0.3, 0.4) is 0 Å². The molecule has 1 unspecified atom stereocenters. The number of para-hydroxylation sites is 1. The van der Waals surface area contributed by atoms with Gasteiger partial charge in [0.25, 0.3) is 5.91 Å². The van der Waals surface area contributed by atoms with E-state index in [1.165, 1.54) is 0 Å². The second-order valence-corrected chi connectivity index (χ2v) is 7.76. The largest absolute Gasteiger partial charge is 0.508 e. The lowest BCUT2D eigenvalue weighted by Crippen LogP contribution is -2.39. The van der Waals surface area contributed by atoms with Crippen LogP contribution in [0.15, 0.2) is 41.8 Å². The zero-order chi connectivity index (χ0) is 18.2. The van der Waals surface area contributed by atoms with Crippen molar-refractivity contribution in [2.75, 3.05) is 6.54 Å². The highest BCUT2D eigenvalue weighted by Gasteiger charge is 2.40. The number of aliphatic hydroxyl groups excluding tert-OH is 1. The second-order valence-electron chi connectivity index (χ2n) is 7.76. The first-order valence-corrected chi connectivity index (χ1v) is 8.51. The molecule has 1 aromatic heterocycles. The van der Waals surface area contributed by atoms with E-state index in [1.54, 1.807) is 4.90 Å². The number of aromatic nitrogens is 1. The summed E-state index contributed by atoms with van der Waals surface area (Å²) in [6.45, 7) is 6.85. The van der Waals surface area contributed by atoms with Crippen molar-refractivity contribution in [3.63, 3.8) is 0 Å². The summed E-state index contributed by atoms with van der Waals surface area (Å²) in [6, 6.07) is 9.32. The van der Waals surface area contributed by atoms with Gasteiger partial charge in [0.1, 0.15) is 11.8 Å². The molecule has 1 aliphatic rings. The average Bonchev–Trinajstić information content (AvgIpc) is 3.05. The Labute approximate surface area is 147 Å². The standard InChI is InChI=1S/C20H23N3O2/c1-20(2,3)8-9-23-17(18(24)15(11-21)19(23)25)10-13-12-22-16-7-5-4-6-14(13)16/h4-7,12,17,22,24H,8-10H2,1-3H3. The molecule has 1 aliphatic heterocycles. The molecule has 2 aromatic rings.